The van der Waals surface area contributed by atoms with Crippen molar-refractivity contribution in [1.82, 2.24) is 9.78 Å². The lowest BCUT2D eigenvalue weighted by Gasteiger charge is -2.18. The van der Waals surface area contributed by atoms with Gasteiger partial charge in [-0.25, -0.2) is 8.42 Å². The second-order valence-corrected chi connectivity index (χ2v) is 9.70. The lowest BCUT2D eigenvalue weighted by atomic mass is 9.92. The molecule has 0 atom stereocenters. The van der Waals surface area contributed by atoms with Crippen LogP contribution in [0.2, 0.25) is 0 Å². The van der Waals surface area contributed by atoms with Crippen LogP contribution in [0.25, 0.3) is 0 Å². The Morgan fingerprint density at radius 2 is 1.89 bits per heavy atom. The molecule has 0 saturated heterocycles. The summed E-state index contributed by atoms with van der Waals surface area (Å²) in [6, 6.07) is 7.36. The molecule has 2 aromatic rings. The van der Waals surface area contributed by atoms with E-state index in [2.05, 4.69) is 4.72 Å². The Morgan fingerprint density at radius 3 is 2.52 bits per heavy atom. The number of para-hydroxylation sites is 2. The first-order valence-electron chi connectivity index (χ1n) is 9.56. The van der Waals surface area contributed by atoms with Gasteiger partial charge in [0.2, 0.25) is 0 Å². The first kappa shape index (κ1) is 19.7. The Hall–Kier alpha value is -2.02. The zero-order chi connectivity index (χ0) is 19.7. The van der Waals surface area contributed by atoms with E-state index in [1.54, 1.807) is 24.4 Å². The molecule has 0 unspecified atom stereocenters. The number of aromatic nitrogens is 2. The fourth-order valence-corrected chi connectivity index (χ4v) is 4.90. The van der Waals surface area contributed by atoms with Gasteiger partial charge in [0.05, 0.1) is 24.0 Å². The minimum absolute atomic E-state index is 0.244. The highest BCUT2D eigenvalue weighted by Gasteiger charge is 2.32. The summed E-state index contributed by atoms with van der Waals surface area (Å²) in [5.74, 6) is 0.518. The molecule has 6 nitrogen and oxygen atoms in total. The molecule has 7 heteroatoms. The second-order valence-electron chi connectivity index (χ2n) is 8.04. The Morgan fingerprint density at radius 1 is 1.22 bits per heavy atom. The van der Waals surface area contributed by atoms with Gasteiger partial charge in [-0.2, -0.15) is 5.10 Å². The molecule has 1 aliphatic rings. The molecule has 27 heavy (non-hydrogen) atoms. The summed E-state index contributed by atoms with van der Waals surface area (Å²) in [5, 5.41) is 4.70. The van der Waals surface area contributed by atoms with Crippen LogP contribution in [0.5, 0.6) is 5.75 Å². The fourth-order valence-electron chi connectivity index (χ4n) is 3.48. The van der Waals surface area contributed by atoms with Gasteiger partial charge in [0.25, 0.3) is 10.0 Å². The smallest absolute Gasteiger partial charge is 0.265 e. The Bertz CT molecular complexity index is 891. The van der Waals surface area contributed by atoms with Crippen LogP contribution in [0.15, 0.2) is 35.4 Å². The van der Waals surface area contributed by atoms with Gasteiger partial charge < -0.3 is 4.74 Å². The van der Waals surface area contributed by atoms with Crippen LogP contribution >= 0.6 is 0 Å². The Balaban J connectivity index is 2.01. The number of nitrogens with one attached hydrogen (secondary N) is 1. The van der Waals surface area contributed by atoms with E-state index in [9.17, 15) is 8.42 Å². The van der Waals surface area contributed by atoms with Gasteiger partial charge >= 0.3 is 0 Å². The van der Waals surface area contributed by atoms with Gasteiger partial charge in [-0.05, 0) is 31.9 Å². The lowest BCUT2D eigenvalue weighted by Crippen LogP contribution is -2.20. The van der Waals surface area contributed by atoms with Crippen molar-refractivity contribution in [3.05, 3.63) is 36.2 Å². The van der Waals surface area contributed by atoms with E-state index in [1.807, 2.05) is 38.4 Å². The van der Waals surface area contributed by atoms with Crippen molar-refractivity contribution in [1.29, 1.82) is 0 Å². The van der Waals surface area contributed by atoms with Crippen LogP contribution < -0.4 is 9.46 Å². The molecule has 1 aliphatic carbocycles. The van der Waals surface area contributed by atoms with Gasteiger partial charge in [0.15, 0.2) is 0 Å². The van der Waals surface area contributed by atoms with E-state index in [1.165, 1.54) is 0 Å². The summed E-state index contributed by atoms with van der Waals surface area (Å²) in [4.78, 5) is 0.244. The van der Waals surface area contributed by atoms with Gasteiger partial charge in [-0.15, -0.1) is 0 Å². The van der Waals surface area contributed by atoms with Crippen LogP contribution in [0.4, 0.5) is 5.69 Å². The summed E-state index contributed by atoms with van der Waals surface area (Å²) >= 11 is 0. The zero-order valence-electron chi connectivity index (χ0n) is 16.5. The summed E-state index contributed by atoms with van der Waals surface area (Å²) in [5.41, 5.74) is 0.650. The molecule has 148 valence electrons. The van der Waals surface area contributed by atoms with Crippen molar-refractivity contribution in [2.45, 2.75) is 69.7 Å². The molecule has 0 amide bonds. The van der Waals surface area contributed by atoms with Crippen molar-refractivity contribution >= 4 is 15.7 Å². The molecule has 0 bridgehead atoms. The van der Waals surface area contributed by atoms with Gasteiger partial charge in [-0.3, -0.25) is 9.40 Å². The molecule has 1 aromatic carbocycles. The normalized spacial score (nSPS) is 15.9. The average molecular weight is 392 g/mol. The summed E-state index contributed by atoms with van der Waals surface area (Å²) in [6.45, 7) is 8.30. The molecule has 1 saturated carbocycles. The number of hydrogen-bond acceptors (Lipinski definition) is 4. The third-order valence-corrected chi connectivity index (χ3v) is 6.19. The number of hydrogen-bond donors (Lipinski definition) is 1. The molecule has 0 spiro atoms. The Labute approximate surface area is 162 Å². The number of ether oxygens (including phenoxy) is 1. The molecule has 3 rings (SSSR count). The van der Waals surface area contributed by atoms with Crippen molar-refractivity contribution in [3.63, 3.8) is 0 Å². The zero-order valence-corrected chi connectivity index (χ0v) is 17.3. The van der Waals surface area contributed by atoms with Gasteiger partial charge in [0.1, 0.15) is 10.6 Å². The lowest BCUT2D eigenvalue weighted by molar-refractivity contribution is 0.342. The topological polar surface area (TPSA) is 73.2 Å². The van der Waals surface area contributed by atoms with Gasteiger partial charge in [0, 0.05) is 11.6 Å². The molecule has 0 radical (unpaired) electrons. The maximum absolute atomic E-state index is 13.2. The van der Waals surface area contributed by atoms with Crippen molar-refractivity contribution < 1.29 is 13.2 Å². The van der Waals surface area contributed by atoms with Crippen LogP contribution in [-0.4, -0.2) is 24.8 Å². The van der Waals surface area contributed by atoms with Crippen molar-refractivity contribution in [2.24, 2.45) is 0 Å². The standard InChI is InChI=1S/C20H29N3O3S/c1-5-26-17-13-9-8-12-16(17)22-27(24,25)18-14-23(15-10-6-7-11-15)21-19(18)20(2,3)4/h8-9,12-15,22H,5-7,10-11H2,1-4H3. The second kappa shape index (κ2) is 7.54. The van der Waals surface area contributed by atoms with E-state index in [-0.39, 0.29) is 16.4 Å². The molecule has 1 aromatic heterocycles. The predicted octanol–water partition coefficient (Wildman–Crippen LogP) is 4.50. The SMILES string of the molecule is CCOc1ccccc1NS(=O)(=O)c1cn(C2CCCC2)nc1C(C)(C)C. The van der Waals surface area contributed by atoms with Crippen LogP contribution in [0, 0.1) is 0 Å². The molecular weight excluding hydrogens is 362 g/mol. The van der Waals surface area contributed by atoms with E-state index < -0.39 is 10.0 Å². The van der Waals surface area contributed by atoms with E-state index in [0.717, 1.165) is 25.7 Å². The number of benzene rings is 1. The minimum atomic E-state index is -3.79. The average Bonchev–Trinajstić information content (AvgIpc) is 3.25. The molecule has 1 N–H and O–H groups in total. The highest BCUT2D eigenvalue weighted by molar-refractivity contribution is 7.92. The highest BCUT2D eigenvalue weighted by atomic mass is 32.2. The van der Waals surface area contributed by atoms with E-state index in [4.69, 9.17) is 9.84 Å². The van der Waals surface area contributed by atoms with E-state index >= 15 is 0 Å². The monoisotopic (exact) mass is 391 g/mol. The highest BCUT2D eigenvalue weighted by Crippen LogP contribution is 2.35. The number of anilines is 1. The summed E-state index contributed by atoms with van der Waals surface area (Å²) in [6.07, 6.45) is 6.12. The fraction of sp³-hybridized carbons (Fsp3) is 0.550. The summed E-state index contributed by atoms with van der Waals surface area (Å²) < 4.78 is 36.6. The largest absolute Gasteiger partial charge is 0.492 e. The van der Waals surface area contributed by atoms with Crippen LogP contribution in [0.1, 0.15) is 65.1 Å². The molecule has 0 aliphatic heterocycles. The number of rotatable bonds is 6. The number of nitrogens with zero attached hydrogens (tertiary/aromatic N) is 2. The van der Waals surface area contributed by atoms with E-state index in [0.29, 0.717) is 23.7 Å². The number of sulfonamides is 1. The van der Waals surface area contributed by atoms with Gasteiger partial charge in [-0.1, -0.05) is 45.7 Å². The van der Waals surface area contributed by atoms with Crippen LogP contribution in [-0.2, 0) is 15.4 Å². The van der Waals surface area contributed by atoms with Crippen LogP contribution in [0.3, 0.4) is 0 Å². The molecule has 1 heterocycles. The third kappa shape index (κ3) is 4.29. The minimum Gasteiger partial charge on any atom is -0.492 e. The third-order valence-electron chi connectivity index (χ3n) is 4.83. The predicted molar refractivity (Wildman–Crippen MR) is 107 cm³/mol. The first-order chi connectivity index (χ1) is 12.7. The maximum atomic E-state index is 13.2. The maximum Gasteiger partial charge on any atom is 0.265 e. The van der Waals surface area contributed by atoms with Crippen molar-refractivity contribution in [3.8, 4) is 5.75 Å². The first-order valence-corrected chi connectivity index (χ1v) is 11.0. The summed E-state index contributed by atoms with van der Waals surface area (Å²) in [7, 11) is -3.79. The molecule has 1 fully saturated rings. The molecular formula is C20H29N3O3S. The quantitative estimate of drug-likeness (QED) is 0.787. The van der Waals surface area contributed by atoms with Crippen molar-refractivity contribution in [2.75, 3.05) is 11.3 Å². The Kier molecular flexibility index (Phi) is 5.51.